The maximum absolute atomic E-state index is 11.7. The quantitative estimate of drug-likeness (QED) is 0.821. The highest BCUT2D eigenvalue weighted by Gasteiger charge is 2.26. The summed E-state index contributed by atoms with van der Waals surface area (Å²) >= 11 is 0. The van der Waals surface area contributed by atoms with Crippen molar-refractivity contribution < 1.29 is 19.0 Å². The fourth-order valence-corrected chi connectivity index (χ4v) is 2.22. The summed E-state index contributed by atoms with van der Waals surface area (Å²) in [6.45, 7) is 4.52. The number of hydrogen-bond acceptors (Lipinski definition) is 4. The van der Waals surface area contributed by atoms with E-state index in [9.17, 15) is 4.79 Å². The minimum atomic E-state index is -0.398. The fourth-order valence-electron chi connectivity index (χ4n) is 2.22. The van der Waals surface area contributed by atoms with E-state index in [1.54, 1.807) is 14.2 Å². The Bertz CT molecular complexity index is 524. The van der Waals surface area contributed by atoms with Gasteiger partial charge >= 0.3 is 6.09 Å². The summed E-state index contributed by atoms with van der Waals surface area (Å²) in [6, 6.07) is 3.76. The predicted molar refractivity (Wildman–Crippen MR) is 71.4 cm³/mol. The van der Waals surface area contributed by atoms with E-state index in [1.807, 2.05) is 12.1 Å². The van der Waals surface area contributed by atoms with Gasteiger partial charge in [-0.2, -0.15) is 0 Å². The second kappa shape index (κ2) is 5.22. The van der Waals surface area contributed by atoms with Crippen LogP contribution in [0.5, 0.6) is 11.5 Å². The molecule has 0 atom stereocenters. The lowest BCUT2D eigenvalue weighted by molar-refractivity contribution is 0.142. The molecule has 0 unspecified atom stereocenters. The van der Waals surface area contributed by atoms with Gasteiger partial charge < -0.3 is 14.2 Å². The Balaban J connectivity index is 2.43. The molecule has 1 aliphatic rings. The first-order chi connectivity index (χ1) is 9.12. The molecule has 1 heterocycles. The number of carbonyl (C=O) groups is 1. The van der Waals surface area contributed by atoms with Crippen LogP contribution in [0.15, 0.2) is 18.7 Å². The molecule has 102 valence electrons. The zero-order valence-corrected chi connectivity index (χ0v) is 11.4. The van der Waals surface area contributed by atoms with Gasteiger partial charge in [0, 0.05) is 17.8 Å². The Morgan fingerprint density at radius 2 is 1.84 bits per heavy atom. The maximum atomic E-state index is 11.7. The average molecular weight is 263 g/mol. The number of amides is 1. The molecule has 0 fully saturated rings. The molecule has 19 heavy (non-hydrogen) atoms. The van der Waals surface area contributed by atoms with Crippen LogP contribution in [-0.2, 0) is 11.2 Å². The molecule has 0 saturated carbocycles. The van der Waals surface area contributed by atoms with Crippen molar-refractivity contribution >= 4 is 11.8 Å². The van der Waals surface area contributed by atoms with Crippen LogP contribution in [0.25, 0.3) is 5.70 Å². The Hall–Kier alpha value is -2.17. The van der Waals surface area contributed by atoms with E-state index in [0.717, 1.165) is 17.5 Å². The monoisotopic (exact) mass is 263 g/mol. The van der Waals surface area contributed by atoms with Crippen LogP contribution in [0.4, 0.5) is 4.79 Å². The van der Waals surface area contributed by atoms with E-state index >= 15 is 0 Å². The fraction of sp³-hybridized carbons (Fsp3) is 0.357. The molecule has 0 bridgehead atoms. The first-order valence-corrected chi connectivity index (χ1v) is 5.92. The average Bonchev–Trinajstić information content (AvgIpc) is 2.45. The zero-order valence-electron chi connectivity index (χ0n) is 11.4. The number of nitrogens with zero attached hydrogens (tertiary/aromatic N) is 1. The van der Waals surface area contributed by atoms with Gasteiger partial charge in [-0.15, -0.1) is 0 Å². The van der Waals surface area contributed by atoms with E-state index in [2.05, 4.69) is 6.58 Å². The number of hydrogen-bond donors (Lipinski definition) is 0. The van der Waals surface area contributed by atoms with Gasteiger partial charge in [-0.25, -0.2) is 4.79 Å². The summed E-state index contributed by atoms with van der Waals surface area (Å²) in [5.41, 5.74) is 2.59. The van der Waals surface area contributed by atoms with Crippen LogP contribution >= 0.6 is 0 Å². The second-order valence-electron chi connectivity index (χ2n) is 4.18. The lowest BCUT2D eigenvalue weighted by Crippen LogP contribution is -2.34. The first kappa shape index (κ1) is 13.3. The summed E-state index contributed by atoms with van der Waals surface area (Å²) in [4.78, 5) is 13.2. The van der Waals surface area contributed by atoms with Gasteiger partial charge in [0.1, 0.15) is 0 Å². The lowest BCUT2D eigenvalue weighted by atomic mass is 9.96. The molecule has 0 N–H and O–H groups in total. The molecule has 0 radical (unpaired) electrons. The third-order valence-corrected chi connectivity index (χ3v) is 3.25. The van der Waals surface area contributed by atoms with Crippen molar-refractivity contribution in [3.05, 3.63) is 29.8 Å². The van der Waals surface area contributed by atoms with Crippen LogP contribution in [-0.4, -0.2) is 38.9 Å². The zero-order chi connectivity index (χ0) is 14.0. The summed E-state index contributed by atoms with van der Waals surface area (Å²) in [5, 5.41) is 0. The Morgan fingerprint density at radius 3 is 2.42 bits per heavy atom. The van der Waals surface area contributed by atoms with Gasteiger partial charge in [0.25, 0.3) is 0 Å². The second-order valence-corrected chi connectivity index (χ2v) is 4.18. The molecule has 0 aliphatic carbocycles. The van der Waals surface area contributed by atoms with Crippen LogP contribution in [0.3, 0.4) is 0 Å². The van der Waals surface area contributed by atoms with E-state index in [1.165, 1.54) is 12.0 Å². The molecule has 5 heteroatoms. The van der Waals surface area contributed by atoms with Crippen molar-refractivity contribution in [1.29, 1.82) is 0 Å². The summed E-state index contributed by atoms with van der Waals surface area (Å²) in [5.74, 6) is 1.30. The third kappa shape index (κ3) is 2.23. The molecular weight excluding hydrogens is 246 g/mol. The smallest absolute Gasteiger partial charge is 0.414 e. The molecule has 0 spiro atoms. The Labute approximate surface area is 112 Å². The van der Waals surface area contributed by atoms with Crippen molar-refractivity contribution in [1.82, 2.24) is 4.90 Å². The van der Waals surface area contributed by atoms with Gasteiger partial charge in [-0.1, -0.05) is 6.58 Å². The largest absolute Gasteiger partial charge is 0.493 e. The number of methoxy groups -OCH3 is 3. The van der Waals surface area contributed by atoms with E-state index in [-0.39, 0.29) is 0 Å². The van der Waals surface area contributed by atoms with E-state index in [0.29, 0.717) is 23.7 Å². The molecule has 2 rings (SSSR count). The normalized spacial score (nSPS) is 13.8. The molecule has 5 nitrogen and oxygen atoms in total. The van der Waals surface area contributed by atoms with Gasteiger partial charge in [0.2, 0.25) is 0 Å². The number of ether oxygens (including phenoxy) is 3. The van der Waals surface area contributed by atoms with Crippen molar-refractivity contribution in [2.24, 2.45) is 0 Å². The molecule has 0 saturated heterocycles. The summed E-state index contributed by atoms with van der Waals surface area (Å²) in [6.07, 6.45) is 0.328. The summed E-state index contributed by atoms with van der Waals surface area (Å²) < 4.78 is 15.3. The van der Waals surface area contributed by atoms with Gasteiger partial charge in [0.15, 0.2) is 11.5 Å². The number of rotatable bonds is 2. The SMILES string of the molecule is C=C1c2cc(OC)c(OC)cc2CCN1C(=O)OC. The van der Waals surface area contributed by atoms with E-state index in [4.69, 9.17) is 14.2 Å². The Morgan fingerprint density at radius 1 is 1.21 bits per heavy atom. The highest BCUT2D eigenvalue weighted by Crippen LogP contribution is 2.37. The van der Waals surface area contributed by atoms with Crippen molar-refractivity contribution in [2.45, 2.75) is 6.42 Å². The first-order valence-electron chi connectivity index (χ1n) is 5.92. The van der Waals surface area contributed by atoms with Crippen molar-refractivity contribution in [3.8, 4) is 11.5 Å². The van der Waals surface area contributed by atoms with Gasteiger partial charge in [-0.3, -0.25) is 4.90 Å². The lowest BCUT2D eigenvalue weighted by Gasteiger charge is -2.30. The minimum Gasteiger partial charge on any atom is -0.493 e. The molecule has 1 amide bonds. The van der Waals surface area contributed by atoms with Crippen molar-refractivity contribution in [3.63, 3.8) is 0 Å². The summed E-state index contributed by atoms with van der Waals surface area (Å²) in [7, 11) is 4.54. The van der Waals surface area contributed by atoms with Crippen LogP contribution < -0.4 is 9.47 Å². The Kier molecular flexibility index (Phi) is 3.64. The van der Waals surface area contributed by atoms with Crippen molar-refractivity contribution in [2.75, 3.05) is 27.9 Å². The predicted octanol–water partition coefficient (Wildman–Crippen LogP) is 2.30. The highest BCUT2D eigenvalue weighted by atomic mass is 16.5. The van der Waals surface area contributed by atoms with Gasteiger partial charge in [0.05, 0.1) is 21.3 Å². The third-order valence-electron chi connectivity index (χ3n) is 3.25. The maximum Gasteiger partial charge on any atom is 0.414 e. The van der Waals surface area contributed by atoms with E-state index < -0.39 is 6.09 Å². The van der Waals surface area contributed by atoms with Crippen LogP contribution in [0.2, 0.25) is 0 Å². The minimum absolute atomic E-state index is 0.398. The van der Waals surface area contributed by atoms with Crippen LogP contribution in [0, 0.1) is 0 Å². The molecule has 0 aromatic heterocycles. The topological polar surface area (TPSA) is 48.0 Å². The number of fused-ring (bicyclic) bond motifs is 1. The molecule has 1 aliphatic heterocycles. The molecule has 1 aromatic carbocycles. The molecule has 1 aromatic rings. The number of carbonyl (C=O) groups excluding carboxylic acids is 1. The van der Waals surface area contributed by atoms with Crippen LogP contribution in [0.1, 0.15) is 11.1 Å². The standard InChI is InChI=1S/C14H17NO4/c1-9-11-8-13(18-3)12(17-2)7-10(11)5-6-15(9)14(16)19-4/h7-8H,1,5-6H2,2-4H3. The molecular formula is C14H17NO4. The van der Waals surface area contributed by atoms with Gasteiger partial charge in [-0.05, 0) is 24.1 Å². The highest BCUT2D eigenvalue weighted by molar-refractivity contribution is 5.84. The number of benzene rings is 1.